The minimum atomic E-state index is 0.539. The van der Waals surface area contributed by atoms with Gasteiger partial charge in [-0.05, 0) is 31.5 Å². The lowest BCUT2D eigenvalue weighted by molar-refractivity contribution is 0.409. The Bertz CT molecular complexity index is 917. The van der Waals surface area contributed by atoms with Crippen molar-refractivity contribution in [1.29, 1.82) is 0 Å². The van der Waals surface area contributed by atoms with Gasteiger partial charge in [0.15, 0.2) is 5.96 Å². The minimum absolute atomic E-state index is 0.539. The number of aromatic nitrogens is 3. The Morgan fingerprint density at radius 1 is 1.14 bits per heavy atom. The number of pyridine rings is 1. The fraction of sp³-hybridized carbons (Fsp3) is 0.286. The summed E-state index contributed by atoms with van der Waals surface area (Å²) < 4.78 is 7.35. The fourth-order valence-electron chi connectivity index (χ4n) is 2.81. The van der Waals surface area contributed by atoms with E-state index in [2.05, 4.69) is 25.6 Å². The molecule has 2 heterocycles. The predicted molar refractivity (Wildman–Crippen MR) is 111 cm³/mol. The van der Waals surface area contributed by atoms with Crippen LogP contribution in [0.2, 0.25) is 0 Å². The highest BCUT2D eigenvalue weighted by atomic mass is 16.5. The van der Waals surface area contributed by atoms with E-state index in [0.29, 0.717) is 13.1 Å². The molecule has 0 amide bonds. The van der Waals surface area contributed by atoms with Crippen molar-refractivity contribution in [1.82, 2.24) is 25.2 Å². The van der Waals surface area contributed by atoms with Gasteiger partial charge in [-0.25, -0.2) is 15.0 Å². The van der Waals surface area contributed by atoms with Crippen molar-refractivity contribution >= 4 is 5.96 Å². The van der Waals surface area contributed by atoms with Gasteiger partial charge in [0.05, 0.1) is 13.7 Å². The highest BCUT2D eigenvalue weighted by Gasteiger charge is 2.05. The van der Waals surface area contributed by atoms with Gasteiger partial charge >= 0.3 is 0 Å². The molecule has 0 bridgehead atoms. The Balaban J connectivity index is 1.64. The van der Waals surface area contributed by atoms with Crippen molar-refractivity contribution in [3.63, 3.8) is 0 Å². The maximum absolute atomic E-state index is 5.40. The number of guanidine groups is 1. The summed E-state index contributed by atoms with van der Waals surface area (Å²) >= 11 is 0. The van der Waals surface area contributed by atoms with Gasteiger partial charge in [0.1, 0.15) is 17.4 Å². The molecular formula is C21H26N6O. The number of methoxy groups -OCH3 is 1. The molecule has 0 saturated carbocycles. The van der Waals surface area contributed by atoms with E-state index in [1.54, 1.807) is 13.3 Å². The van der Waals surface area contributed by atoms with Gasteiger partial charge in [0.2, 0.25) is 0 Å². The molecule has 2 N–H and O–H groups in total. The molecule has 146 valence electrons. The zero-order chi connectivity index (χ0) is 19.8. The van der Waals surface area contributed by atoms with E-state index in [4.69, 9.17) is 4.74 Å². The number of nitrogens with zero attached hydrogens (tertiary/aromatic N) is 4. The maximum Gasteiger partial charge on any atom is 0.191 e. The topological polar surface area (TPSA) is 76.4 Å². The summed E-state index contributed by atoms with van der Waals surface area (Å²) in [6, 6.07) is 12.0. The highest BCUT2D eigenvalue weighted by Crippen LogP contribution is 2.16. The molecule has 0 aliphatic rings. The molecule has 3 aromatic rings. The molecule has 1 aromatic carbocycles. The number of hydrogen-bond acceptors (Lipinski definition) is 4. The van der Waals surface area contributed by atoms with Gasteiger partial charge in [-0.1, -0.05) is 24.3 Å². The summed E-state index contributed by atoms with van der Waals surface area (Å²) in [5.74, 6) is 3.38. The summed E-state index contributed by atoms with van der Waals surface area (Å²) in [4.78, 5) is 13.4. The second kappa shape index (κ2) is 9.55. The van der Waals surface area contributed by atoms with Gasteiger partial charge < -0.3 is 15.4 Å². The van der Waals surface area contributed by atoms with Crippen LogP contribution >= 0.6 is 0 Å². The van der Waals surface area contributed by atoms with Crippen LogP contribution in [0.1, 0.15) is 23.9 Å². The first-order chi connectivity index (χ1) is 13.7. The standard InChI is InChI=1S/C21H26N6O/c1-4-22-21(26-15-18-7-5-6-8-19(18)28-3)25-14-17-9-10-20(24-13-17)27-12-11-23-16(27)2/h5-13H,4,14-15H2,1-3H3,(H2,22,25,26). The number of hydrogen-bond donors (Lipinski definition) is 2. The van der Waals surface area contributed by atoms with Crippen molar-refractivity contribution in [3.05, 3.63) is 71.9 Å². The van der Waals surface area contributed by atoms with Crippen LogP contribution in [0.5, 0.6) is 5.75 Å². The third kappa shape index (κ3) is 4.88. The van der Waals surface area contributed by atoms with Gasteiger partial charge in [-0.2, -0.15) is 0 Å². The summed E-state index contributed by atoms with van der Waals surface area (Å²) in [5, 5.41) is 6.62. The maximum atomic E-state index is 5.40. The van der Waals surface area contributed by atoms with Gasteiger partial charge in [0.25, 0.3) is 0 Å². The van der Waals surface area contributed by atoms with Gasteiger partial charge in [-0.15, -0.1) is 0 Å². The molecule has 7 heteroatoms. The lowest BCUT2D eigenvalue weighted by Gasteiger charge is -2.13. The Morgan fingerprint density at radius 3 is 2.68 bits per heavy atom. The first kappa shape index (κ1) is 19.4. The number of rotatable bonds is 7. The second-order valence-corrected chi connectivity index (χ2v) is 6.23. The zero-order valence-electron chi connectivity index (χ0n) is 16.5. The summed E-state index contributed by atoms with van der Waals surface area (Å²) in [5.41, 5.74) is 2.12. The molecule has 0 atom stereocenters. The van der Waals surface area contributed by atoms with E-state index in [9.17, 15) is 0 Å². The SMILES string of the molecule is CCNC(=NCc1ccc(-n2ccnc2C)nc1)NCc1ccccc1OC. The fourth-order valence-corrected chi connectivity index (χ4v) is 2.81. The Labute approximate surface area is 165 Å². The number of imidazole rings is 1. The van der Waals surface area contributed by atoms with Crippen LogP contribution in [0.15, 0.2) is 60.0 Å². The zero-order valence-corrected chi connectivity index (χ0v) is 16.5. The van der Waals surface area contributed by atoms with E-state index in [0.717, 1.165) is 41.0 Å². The normalized spacial score (nSPS) is 11.3. The lowest BCUT2D eigenvalue weighted by Crippen LogP contribution is -2.36. The van der Waals surface area contributed by atoms with Crippen LogP contribution in [-0.4, -0.2) is 34.1 Å². The number of nitrogens with one attached hydrogen (secondary N) is 2. The first-order valence-electron chi connectivity index (χ1n) is 9.30. The molecule has 0 unspecified atom stereocenters. The van der Waals surface area contributed by atoms with E-state index in [1.165, 1.54) is 0 Å². The van der Waals surface area contributed by atoms with Crippen molar-refractivity contribution in [2.75, 3.05) is 13.7 Å². The highest BCUT2D eigenvalue weighted by molar-refractivity contribution is 5.79. The molecule has 2 aromatic heterocycles. The molecular weight excluding hydrogens is 352 g/mol. The third-order valence-corrected chi connectivity index (χ3v) is 4.28. The van der Waals surface area contributed by atoms with Crippen LogP contribution < -0.4 is 15.4 Å². The predicted octanol–water partition coefficient (Wildman–Crippen LogP) is 2.84. The molecule has 0 aliphatic heterocycles. The molecule has 0 radical (unpaired) electrons. The first-order valence-corrected chi connectivity index (χ1v) is 9.30. The molecule has 7 nitrogen and oxygen atoms in total. The Hall–Kier alpha value is -3.35. The summed E-state index contributed by atoms with van der Waals surface area (Å²) in [6.07, 6.45) is 5.52. The minimum Gasteiger partial charge on any atom is -0.496 e. The second-order valence-electron chi connectivity index (χ2n) is 6.23. The monoisotopic (exact) mass is 378 g/mol. The van der Waals surface area contributed by atoms with Crippen molar-refractivity contribution in [3.8, 4) is 11.6 Å². The van der Waals surface area contributed by atoms with Gasteiger partial charge in [-0.3, -0.25) is 4.57 Å². The number of para-hydroxylation sites is 1. The molecule has 0 fully saturated rings. The Kier molecular flexibility index (Phi) is 6.62. The smallest absolute Gasteiger partial charge is 0.191 e. The molecule has 28 heavy (non-hydrogen) atoms. The number of ether oxygens (including phenoxy) is 1. The van der Waals surface area contributed by atoms with Crippen molar-refractivity contribution in [2.45, 2.75) is 26.9 Å². The average Bonchev–Trinajstić information content (AvgIpc) is 3.16. The van der Waals surface area contributed by atoms with Crippen LogP contribution in [0, 0.1) is 6.92 Å². The van der Waals surface area contributed by atoms with Gasteiger partial charge in [0, 0.05) is 37.2 Å². The quantitative estimate of drug-likeness (QED) is 0.488. The number of aliphatic imine (C=N–C) groups is 1. The lowest BCUT2D eigenvalue weighted by atomic mass is 10.2. The average molecular weight is 378 g/mol. The molecule has 0 spiro atoms. The van der Waals surface area contributed by atoms with Crippen molar-refractivity contribution in [2.24, 2.45) is 4.99 Å². The molecule has 3 rings (SSSR count). The third-order valence-electron chi connectivity index (χ3n) is 4.28. The van der Waals surface area contributed by atoms with Crippen LogP contribution in [-0.2, 0) is 13.1 Å². The molecule has 0 aliphatic carbocycles. The summed E-state index contributed by atoms with van der Waals surface area (Å²) in [7, 11) is 1.68. The largest absolute Gasteiger partial charge is 0.496 e. The summed E-state index contributed by atoms with van der Waals surface area (Å²) in [6.45, 7) is 5.96. The van der Waals surface area contributed by atoms with E-state index in [-0.39, 0.29) is 0 Å². The van der Waals surface area contributed by atoms with E-state index < -0.39 is 0 Å². The van der Waals surface area contributed by atoms with Crippen molar-refractivity contribution < 1.29 is 4.74 Å². The Morgan fingerprint density at radius 2 is 2.00 bits per heavy atom. The number of benzene rings is 1. The van der Waals surface area contributed by atoms with E-state index >= 15 is 0 Å². The number of aryl methyl sites for hydroxylation is 1. The van der Waals surface area contributed by atoms with E-state index in [1.807, 2.05) is 67.2 Å². The van der Waals surface area contributed by atoms with Crippen LogP contribution in [0.25, 0.3) is 5.82 Å². The van der Waals surface area contributed by atoms with Crippen LogP contribution in [0.3, 0.4) is 0 Å². The molecule has 0 saturated heterocycles. The van der Waals surface area contributed by atoms with Crippen LogP contribution in [0.4, 0.5) is 0 Å².